The number of carbonyl (C=O) groups is 1. The van der Waals surface area contributed by atoms with Crippen LogP contribution < -0.4 is 10.9 Å². The van der Waals surface area contributed by atoms with Crippen LogP contribution >= 0.6 is 0 Å². The third-order valence-corrected chi connectivity index (χ3v) is 4.57. The first kappa shape index (κ1) is 14.8. The molecular formula is C17H21N3O2. The number of H-pyrrole nitrogens is 1. The number of aromatic nitrogens is 2. The number of rotatable bonds is 2. The highest BCUT2D eigenvalue weighted by Crippen LogP contribution is 2.23. The summed E-state index contributed by atoms with van der Waals surface area (Å²) in [7, 11) is 0. The van der Waals surface area contributed by atoms with Crippen molar-refractivity contribution in [2.45, 2.75) is 45.6 Å². The molecule has 0 unspecified atom stereocenters. The lowest BCUT2D eigenvalue weighted by molar-refractivity contribution is 0.0921. The van der Waals surface area contributed by atoms with Crippen molar-refractivity contribution >= 4 is 16.8 Å². The topological polar surface area (TPSA) is 74.8 Å². The number of hydrogen-bond acceptors (Lipinski definition) is 3. The van der Waals surface area contributed by atoms with E-state index in [0.29, 0.717) is 5.52 Å². The third kappa shape index (κ3) is 2.89. The Morgan fingerprint density at radius 3 is 2.77 bits per heavy atom. The Morgan fingerprint density at radius 2 is 2.05 bits per heavy atom. The van der Waals surface area contributed by atoms with Gasteiger partial charge in [-0.1, -0.05) is 6.92 Å². The van der Waals surface area contributed by atoms with E-state index in [1.165, 1.54) is 0 Å². The molecule has 0 bridgehead atoms. The van der Waals surface area contributed by atoms with Gasteiger partial charge in [0.05, 0.1) is 5.52 Å². The molecule has 0 saturated heterocycles. The van der Waals surface area contributed by atoms with E-state index in [1.807, 2.05) is 6.92 Å². The Morgan fingerprint density at radius 1 is 1.32 bits per heavy atom. The van der Waals surface area contributed by atoms with Crippen molar-refractivity contribution in [3.63, 3.8) is 0 Å². The van der Waals surface area contributed by atoms with Gasteiger partial charge in [-0.2, -0.15) is 0 Å². The fraction of sp³-hybridized carbons (Fsp3) is 0.471. The Bertz CT molecular complexity index is 758. The molecule has 0 aromatic carbocycles. The van der Waals surface area contributed by atoms with Gasteiger partial charge in [-0.15, -0.1) is 0 Å². The Kier molecular flexibility index (Phi) is 3.96. The number of nitrogens with zero attached hydrogens (tertiary/aromatic N) is 1. The molecule has 1 amide bonds. The van der Waals surface area contributed by atoms with Gasteiger partial charge in [-0.25, -0.2) is 0 Å². The zero-order valence-corrected chi connectivity index (χ0v) is 13.0. The molecule has 5 heteroatoms. The molecule has 0 atom stereocenters. The van der Waals surface area contributed by atoms with Crippen molar-refractivity contribution in [3.05, 3.63) is 39.9 Å². The molecule has 1 fully saturated rings. The summed E-state index contributed by atoms with van der Waals surface area (Å²) < 4.78 is 0. The van der Waals surface area contributed by atoms with E-state index in [2.05, 4.69) is 22.2 Å². The molecule has 5 nitrogen and oxygen atoms in total. The van der Waals surface area contributed by atoms with E-state index < -0.39 is 0 Å². The van der Waals surface area contributed by atoms with Crippen molar-refractivity contribution in [1.82, 2.24) is 15.3 Å². The average Bonchev–Trinajstić information content (AvgIpc) is 2.49. The summed E-state index contributed by atoms with van der Waals surface area (Å²) in [6.07, 6.45) is 5.87. The Balaban J connectivity index is 1.86. The first-order valence-electron chi connectivity index (χ1n) is 7.84. The van der Waals surface area contributed by atoms with Gasteiger partial charge in [0.1, 0.15) is 5.56 Å². The lowest BCUT2D eigenvalue weighted by Gasteiger charge is -2.26. The molecule has 3 rings (SSSR count). The summed E-state index contributed by atoms with van der Waals surface area (Å²) in [5.41, 5.74) is 1.33. The predicted molar refractivity (Wildman–Crippen MR) is 86.0 cm³/mol. The molecular weight excluding hydrogens is 278 g/mol. The zero-order chi connectivity index (χ0) is 15.7. The maximum atomic E-state index is 12.4. The van der Waals surface area contributed by atoms with Crippen molar-refractivity contribution in [2.75, 3.05) is 0 Å². The highest BCUT2D eigenvalue weighted by Gasteiger charge is 2.21. The highest BCUT2D eigenvalue weighted by molar-refractivity contribution is 5.97. The maximum Gasteiger partial charge on any atom is 0.261 e. The van der Waals surface area contributed by atoms with Crippen molar-refractivity contribution in [3.8, 4) is 0 Å². The van der Waals surface area contributed by atoms with Gasteiger partial charge in [0, 0.05) is 23.3 Å². The van der Waals surface area contributed by atoms with Crippen molar-refractivity contribution in [2.24, 2.45) is 5.92 Å². The quantitative estimate of drug-likeness (QED) is 0.895. The Labute approximate surface area is 129 Å². The van der Waals surface area contributed by atoms with Gasteiger partial charge in [0.25, 0.3) is 11.5 Å². The number of hydrogen-bond donors (Lipinski definition) is 2. The average molecular weight is 299 g/mol. The summed E-state index contributed by atoms with van der Waals surface area (Å²) in [6, 6.07) is 3.57. The number of carbonyl (C=O) groups excluding carboxylic acids is 1. The van der Waals surface area contributed by atoms with Crippen LogP contribution in [0.5, 0.6) is 0 Å². The van der Waals surface area contributed by atoms with Crippen LogP contribution in [0.4, 0.5) is 0 Å². The van der Waals surface area contributed by atoms with Crippen LogP contribution in [0, 0.1) is 12.8 Å². The minimum Gasteiger partial charge on any atom is -0.349 e. The normalized spacial score (nSPS) is 21.7. The molecule has 2 aromatic heterocycles. The van der Waals surface area contributed by atoms with E-state index in [0.717, 1.165) is 42.7 Å². The molecule has 0 spiro atoms. The van der Waals surface area contributed by atoms with Crippen LogP contribution in [0.1, 0.15) is 48.7 Å². The van der Waals surface area contributed by atoms with Crippen LogP contribution in [-0.4, -0.2) is 21.9 Å². The number of fused-ring (bicyclic) bond motifs is 1. The fourth-order valence-corrected chi connectivity index (χ4v) is 3.10. The molecule has 0 radical (unpaired) electrons. The van der Waals surface area contributed by atoms with Gasteiger partial charge in [-0.3, -0.25) is 14.6 Å². The monoisotopic (exact) mass is 299 g/mol. The lowest BCUT2D eigenvalue weighted by atomic mass is 9.87. The number of aryl methyl sites for hydroxylation is 1. The SMILES string of the molecule is Cc1nccc2[nH]c(=O)c(C(=O)NC3CCC(C)CC3)cc12. The van der Waals surface area contributed by atoms with E-state index >= 15 is 0 Å². The second kappa shape index (κ2) is 5.91. The summed E-state index contributed by atoms with van der Waals surface area (Å²) in [5, 5.41) is 3.81. The van der Waals surface area contributed by atoms with Crippen molar-refractivity contribution < 1.29 is 4.79 Å². The molecule has 1 saturated carbocycles. The molecule has 22 heavy (non-hydrogen) atoms. The van der Waals surface area contributed by atoms with Crippen molar-refractivity contribution in [1.29, 1.82) is 0 Å². The molecule has 0 aliphatic heterocycles. The van der Waals surface area contributed by atoms with Crippen LogP contribution in [0.3, 0.4) is 0 Å². The van der Waals surface area contributed by atoms with E-state index in [4.69, 9.17) is 0 Å². The molecule has 1 aliphatic carbocycles. The second-order valence-corrected chi connectivity index (χ2v) is 6.30. The van der Waals surface area contributed by atoms with Gasteiger partial charge in [-0.05, 0) is 50.7 Å². The number of pyridine rings is 2. The molecule has 116 valence electrons. The Hall–Kier alpha value is -2.17. The largest absolute Gasteiger partial charge is 0.349 e. The minimum atomic E-state index is -0.347. The highest BCUT2D eigenvalue weighted by atomic mass is 16.2. The number of nitrogens with one attached hydrogen (secondary N) is 2. The van der Waals surface area contributed by atoms with Crippen LogP contribution in [0.15, 0.2) is 23.1 Å². The van der Waals surface area contributed by atoms with Crippen LogP contribution in [0.25, 0.3) is 10.9 Å². The first-order valence-corrected chi connectivity index (χ1v) is 7.84. The fourth-order valence-electron chi connectivity index (χ4n) is 3.10. The standard InChI is InChI=1S/C17H21N3O2/c1-10-3-5-12(6-4-10)19-16(21)14-9-13-11(2)18-8-7-15(13)20-17(14)22/h7-10,12H,3-6H2,1-2H3,(H,19,21)(H,20,22). The lowest BCUT2D eigenvalue weighted by Crippen LogP contribution is -2.39. The minimum absolute atomic E-state index is 0.169. The van der Waals surface area contributed by atoms with Crippen LogP contribution in [0.2, 0.25) is 0 Å². The van der Waals surface area contributed by atoms with Gasteiger partial charge < -0.3 is 10.3 Å². The molecule has 1 aliphatic rings. The van der Waals surface area contributed by atoms with Gasteiger partial charge in [0.2, 0.25) is 0 Å². The first-order chi connectivity index (χ1) is 10.5. The summed E-state index contributed by atoms with van der Waals surface area (Å²) >= 11 is 0. The van der Waals surface area contributed by atoms with E-state index in [1.54, 1.807) is 18.3 Å². The molecule has 2 N–H and O–H groups in total. The van der Waals surface area contributed by atoms with Crippen LogP contribution in [-0.2, 0) is 0 Å². The van der Waals surface area contributed by atoms with Gasteiger partial charge in [0.15, 0.2) is 0 Å². The molecule has 2 aromatic rings. The second-order valence-electron chi connectivity index (χ2n) is 6.30. The maximum absolute atomic E-state index is 12.4. The smallest absolute Gasteiger partial charge is 0.261 e. The van der Waals surface area contributed by atoms with E-state index in [-0.39, 0.29) is 23.1 Å². The summed E-state index contributed by atoms with van der Waals surface area (Å²) in [4.78, 5) is 31.5. The predicted octanol–water partition coefficient (Wildman–Crippen LogP) is 2.54. The zero-order valence-electron chi connectivity index (χ0n) is 13.0. The molecule has 2 heterocycles. The van der Waals surface area contributed by atoms with E-state index in [9.17, 15) is 9.59 Å². The number of amides is 1. The van der Waals surface area contributed by atoms with Gasteiger partial charge >= 0.3 is 0 Å². The summed E-state index contributed by atoms with van der Waals surface area (Å²) in [5.74, 6) is 0.442. The number of aromatic amines is 1. The third-order valence-electron chi connectivity index (χ3n) is 4.57. The summed E-state index contributed by atoms with van der Waals surface area (Å²) in [6.45, 7) is 4.10.